The highest BCUT2D eigenvalue weighted by Crippen LogP contribution is 2.38. The minimum atomic E-state index is -4.71. The maximum absolute atomic E-state index is 12.8. The molecule has 13 nitrogen and oxygen atoms in total. The van der Waals surface area contributed by atoms with Crippen LogP contribution in [0, 0.1) is 25.7 Å². The minimum Gasteiger partial charge on any atom is -0.756 e. The number of esters is 2. The molecule has 1 unspecified atom stereocenters. The standard InChI is InChI=1S/C46H78NO12P/c1-8-10-17-23-37(48)28-29-40-39(41(49)32-42(40)50)24-18-15-16-20-26-45(51)55-33-38(34-57-60(53,54)56-31-30-47(5,6)7)58-46(52)27-21-14-12-11-13-19-25-44-36(4)35(3)43(59-44)22-9-2/h15,18,28-29,37-40,42,48,50H,8-14,16-17,19-27,30-34H2,1-7H3/b18-15-,29-28+/t37-,38+,39+,40+,42+/m0/s1. The van der Waals surface area contributed by atoms with Crippen molar-refractivity contribution >= 4 is 25.5 Å². The van der Waals surface area contributed by atoms with E-state index in [1.54, 1.807) is 12.2 Å². The highest BCUT2D eigenvalue weighted by molar-refractivity contribution is 7.45. The molecule has 6 atom stereocenters. The number of likely N-dealkylation sites (N-methyl/N-ethyl adjacent to an activating group) is 1. The van der Waals surface area contributed by atoms with Gasteiger partial charge < -0.3 is 42.5 Å². The van der Waals surface area contributed by atoms with Crippen LogP contribution >= 0.6 is 7.82 Å². The lowest BCUT2D eigenvalue weighted by Gasteiger charge is -2.28. The van der Waals surface area contributed by atoms with Crippen molar-refractivity contribution in [1.82, 2.24) is 0 Å². The molecule has 14 heteroatoms. The number of aliphatic hydroxyl groups excluding tert-OH is 2. The van der Waals surface area contributed by atoms with E-state index in [1.165, 1.54) is 11.1 Å². The van der Waals surface area contributed by atoms with E-state index in [0.717, 1.165) is 82.1 Å². The molecule has 0 bridgehead atoms. The molecule has 0 aromatic carbocycles. The van der Waals surface area contributed by atoms with Gasteiger partial charge in [0.2, 0.25) is 0 Å². The molecule has 0 spiro atoms. The maximum Gasteiger partial charge on any atom is 0.306 e. The number of quaternary nitrogens is 1. The van der Waals surface area contributed by atoms with Crippen LogP contribution in [0.1, 0.15) is 146 Å². The van der Waals surface area contributed by atoms with Crippen LogP contribution in [0.5, 0.6) is 0 Å². The highest BCUT2D eigenvalue weighted by Gasteiger charge is 2.39. The van der Waals surface area contributed by atoms with Crippen LogP contribution in [0.2, 0.25) is 0 Å². The number of carbonyl (C=O) groups is 3. The lowest BCUT2D eigenvalue weighted by atomic mass is 9.90. The van der Waals surface area contributed by atoms with Crippen molar-refractivity contribution in [3.63, 3.8) is 0 Å². The average Bonchev–Trinajstić information content (AvgIpc) is 3.60. The van der Waals surface area contributed by atoms with Crippen molar-refractivity contribution < 1.29 is 61.5 Å². The Morgan fingerprint density at radius 1 is 0.883 bits per heavy atom. The van der Waals surface area contributed by atoms with Gasteiger partial charge in [0.05, 0.1) is 40.0 Å². The number of phosphoric acid groups is 1. The molecule has 1 aromatic heterocycles. The summed E-state index contributed by atoms with van der Waals surface area (Å²) in [4.78, 5) is 50.4. The van der Waals surface area contributed by atoms with Crippen LogP contribution in [-0.2, 0) is 50.3 Å². The molecule has 1 fully saturated rings. The molecule has 0 aliphatic heterocycles. The monoisotopic (exact) mass is 868 g/mol. The Morgan fingerprint density at radius 3 is 2.23 bits per heavy atom. The zero-order valence-electron chi connectivity index (χ0n) is 37.8. The predicted molar refractivity (Wildman–Crippen MR) is 231 cm³/mol. The average molecular weight is 868 g/mol. The second-order valence-electron chi connectivity index (χ2n) is 17.4. The summed E-state index contributed by atoms with van der Waals surface area (Å²) in [6, 6.07) is 0. The van der Waals surface area contributed by atoms with Crippen molar-refractivity contribution in [2.24, 2.45) is 11.8 Å². The third-order valence-corrected chi connectivity index (χ3v) is 12.0. The predicted octanol–water partition coefficient (Wildman–Crippen LogP) is 7.97. The van der Waals surface area contributed by atoms with Gasteiger partial charge in [0.25, 0.3) is 7.82 Å². The lowest BCUT2D eigenvalue weighted by Crippen LogP contribution is -2.37. The summed E-state index contributed by atoms with van der Waals surface area (Å²) in [6.07, 6.45) is 18.7. The van der Waals surface area contributed by atoms with Gasteiger partial charge in [-0.3, -0.25) is 18.9 Å². The number of phosphoric ester groups is 1. The van der Waals surface area contributed by atoms with E-state index in [-0.39, 0.29) is 50.1 Å². The van der Waals surface area contributed by atoms with E-state index in [0.29, 0.717) is 43.1 Å². The quantitative estimate of drug-likeness (QED) is 0.0229. The molecule has 0 amide bonds. The van der Waals surface area contributed by atoms with Crippen molar-refractivity contribution in [2.45, 2.75) is 168 Å². The van der Waals surface area contributed by atoms with Crippen LogP contribution in [0.4, 0.5) is 0 Å². The molecule has 1 aliphatic carbocycles. The number of hydrogen-bond donors (Lipinski definition) is 2. The smallest absolute Gasteiger partial charge is 0.306 e. The van der Waals surface area contributed by atoms with Gasteiger partial charge in [0.15, 0.2) is 6.10 Å². The Kier molecular flexibility index (Phi) is 25.7. The highest BCUT2D eigenvalue weighted by atomic mass is 31.2. The number of allylic oxidation sites excluding steroid dienone is 2. The van der Waals surface area contributed by atoms with E-state index in [1.807, 2.05) is 33.3 Å². The van der Waals surface area contributed by atoms with Gasteiger partial charge >= 0.3 is 11.9 Å². The third-order valence-electron chi connectivity index (χ3n) is 11.0. The second kappa shape index (κ2) is 28.9. The summed E-state index contributed by atoms with van der Waals surface area (Å²) in [5.74, 6) is 0.392. The summed E-state index contributed by atoms with van der Waals surface area (Å²) in [5.41, 5.74) is 2.53. The number of ether oxygens (including phenoxy) is 2. The molecule has 2 N–H and O–H groups in total. The first-order chi connectivity index (χ1) is 28.5. The summed E-state index contributed by atoms with van der Waals surface area (Å²) >= 11 is 0. The fourth-order valence-electron chi connectivity index (χ4n) is 7.15. The van der Waals surface area contributed by atoms with Crippen LogP contribution in [0.3, 0.4) is 0 Å². The zero-order chi connectivity index (χ0) is 44.6. The van der Waals surface area contributed by atoms with Crippen molar-refractivity contribution in [3.8, 4) is 0 Å². The molecule has 344 valence electrons. The Labute approximate surface area is 360 Å². The van der Waals surface area contributed by atoms with E-state index >= 15 is 0 Å². The second-order valence-corrected chi connectivity index (χ2v) is 18.8. The summed E-state index contributed by atoms with van der Waals surface area (Å²) in [5, 5.41) is 20.7. The van der Waals surface area contributed by atoms with Crippen LogP contribution < -0.4 is 4.89 Å². The number of Topliss-reactive ketones (excluding diaryl/α,β-unsaturated/α-hetero) is 1. The fourth-order valence-corrected chi connectivity index (χ4v) is 7.88. The molecule has 1 saturated carbocycles. The molecule has 1 heterocycles. The molecule has 1 aliphatic rings. The van der Waals surface area contributed by atoms with E-state index in [2.05, 4.69) is 27.7 Å². The maximum atomic E-state index is 12.8. The number of carbonyl (C=O) groups excluding carboxylic acids is 3. The van der Waals surface area contributed by atoms with Gasteiger partial charge in [0.1, 0.15) is 37.1 Å². The van der Waals surface area contributed by atoms with Gasteiger partial charge in [-0.2, -0.15) is 0 Å². The Hall–Kier alpha value is -2.64. The molecule has 0 saturated heterocycles. The summed E-state index contributed by atoms with van der Waals surface area (Å²) < 4.78 is 40.0. The molecule has 60 heavy (non-hydrogen) atoms. The van der Waals surface area contributed by atoms with Gasteiger partial charge in [-0.1, -0.05) is 83.1 Å². The largest absolute Gasteiger partial charge is 0.756 e. The van der Waals surface area contributed by atoms with Crippen LogP contribution in [-0.4, -0.2) is 98.2 Å². The lowest BCUT2D eigenvalue weighted by molar-refractivity contribution is -0.870. The molecule has 2 rings (SSSR count). The normalized spacial score (nSPS) is 19.3. The van der Waals surface area contributed by atoms with Gasteiger partial charge in [-0.25, -0.2) is 0 Å². The Bertz CT molecular complexity index is 1510. The Balaban J connectivity index is 1.78. The molecule has 1 aromatic rings. The number of aryl methyl sites for hydroxylation is 2. The van der Waals surface area contributed by atoms with E-state index in [4.69, 9.17) is 22.9 Å². The third kappa shape index (κ3) is 22.5. The zero-order valence-corrected chi connectivity index (χ0v) is 38.7. The van der Waals surface area contributed by atoms with E-state index < -0.39 is 44.7 Å². The first-order valence-electron chi connectivity index (χ1n) is 22.5. The summed E-state index contributed by atoms with van der Waals surface area (Å²) in [6.45, 7) is 7.93. The summed E-state index contributed by atoms with van der Waals surface area (Å²) in [7, 11) is 0.986. The van der Waals surface area contributed by atoms with Crippen LogP contribution in [0.25, 0.3) is 0 Å². The topological polar surface area (TPSA) is 182 Å². The SMILES string of the molecule is CCCCC[C@H](O)/C=C/[C@H]1[C@H](O)CC(=O)[C@@H]1C/C=C\CCCC(=O)OC[C@H](COP(=O)([O-])OCC[N+](C)(C)C)OC(=O)CCCCCCCCc1oc(CCC)c(C)c1C. The number of rotatable bonds is 33. The van der Waals surface area contributed by atoms with E-state index in [9.17, 15) is 34.1 Å². The van der Waals surface area contributed by atoms with Gasteiger partial charge in [-0.05, 0) is 69.9 Å². The fraction of sp³-hybridized carbons (Fsp3) is 0.761. The minimum absolute atomic E-state index is 0.00672. The number of unbranched alkanes of at least 4 members (excludes halogenated alkanes) is 8. The van der Waals surface area contributed by atoms with Crippen LogP contribution in [0.15, 0.2) is 28.7 Å². The number of furan rings is 1. The van der Waals surface area contributed by atoms with Gasteiger partial charge in [0, 0.05) is 43.9 Å². The van der Waals surface area contributed by atoms with Gasteiger partial charge in [-0.15, -0.1) is 0 Å². The molecular weight excluding hydrogens is 789 g/mol. The first kappa shape index (κ1) is 53.5. The number of nitrogens with zero attached hydrogens (tertiary/aromatic N) is 1. The molecular formula is C46H78NO12P. The van der Waals surface area contributed by atoms with Crippen molar-refractivity contribution in [2.75, 3.05) is 47.5 Å². The first-order valence-corrected chi connectivity index (χ1v) is 24.0. The van der Waals surface area contributed by atoms with Crippen molar-refractivity contribution in [3.05, 3.63) is 47.0 Å². The number of aliphatic hydroxyl groups is 2. The number of ketones is 1. The van der Waals surface area contributed by atoms with Crippen molar-refractivity contribution in [1.29, 1.82) is 0 Å². The molecule has 0 radical (unpaired) electrons. The Morgan fingerprint density at radius 2 is 1.55 bits per heavy atom. The number of hydrogen-bond acceptors (Lipinski definition) is 12.